The average Bonchev–Trinajstić information content (AvgIpc) is 3.01. The number of aliphatic imine (C=N–C) groups is 1. The molecule has 4 nitrogen and oxygen atoms in total. The van der Waals surface area contributed by atoms with E-state index in [0.29, 0.717) is 6.10 Å². The largest absolute Gasteiger partial charge is 0.378 e. The van der Waals surface area contributed by atoms with Crippen molar-refractivity contribution in [1.82, 2.24) is 4.90 Å². The summed E-state index contributed by atoms with van der Waals surface area (Å²) >= 11 is 0. The second kappa shape index (κ2) is 10.6. The molecule has 1 unspecified atom stereocenters. The summed E-state index contributed by atoms with van der Waals surface area (Å²) < 4.78 is 5.93. The van der Waals surface area contributed by atoms with Crippen LogP contribution in [0, 0.1) is 5.92 Å². The summed E-state index contributed by atoms with van der Waals surface area (Å²) in [4.78, 5) is 6.81. The quantitative estimate of drug-likeness (QED) is 0.416. The van der Waals surface area contributed by atoms with Gasteiger partial charge < -0.3 is 15.4 Å². The highest BCUT2D eigenvalue weighted by molar-refractivity contribution is 14.0. The molecule has 0 amide bonds. The lowest BCUT2D eigenvalue weighted by atomic mass is 9.98. The van der Waals surface area contributed by atoms with E-state index in [1.165, 1.54) is 44.9 Å². The summed E-state index contributed by atoms with van der Waals surface area (Å²) in [5, 5.41) is 0. The van der Waals surface area contributed by atoms with E-state index >= 15 is 0 Å². The monoisotopic (exact) mass is 409 g/mol. The zero-order chi connectivity index (χ0) is 14.2. The molecule has 21 heavy (non-hydrogen) atoms. The van der Waals surface area contributed by atoms with E-state index in [1.54, 1.807) is 0 Å². The minimum Gasteiger partial charge on any atom is -0.378 e. The Morgan fingerprint density at radius 1 is 1.19 bits per heavy atom. The second-order valence-electron chi connectivity index (χ2n) is 6.11. The predicted molar refractivity (Wildman–Crippen MR) is 99.3 cm³/mol. The van der Waals surface area contributed by atoms with Gasteiger partial charge >= 0.3 is 0 Å². The van der Waals surface area contributed by atoms with Gasteiger partial charge in [-0.1, -0.05) is 12.8 Å². The molecule has 0 aromatic carbocycles. The van der Waals surface area contributed by atoms with E-state index in [9.17, 15) is 0 Å². The van der Waals surface area contributed by atoms with Gasteiger partial charge in [0.15, 0.2) is 5.96 Å². The molecule has 2 rings (SSSR count). The van der Waals surface area contributed by atoms with Crippen LogP contribution in [0.5, 0.6) is 0 Å². The second-order valence-corrected chi connectivity index (χ2v) is 6.11. The Morgan fingerprint density at radius 3 is 2.48 bits per heavy atom. The number of nitrogens with zero attached hydrogens (tertiary/aromatic N) is 2. The van der Waals surface area contributed by atoms with E-state index in [-0.39, 0.29) is 24.0 Å². The third-order valence-corrected chi connectivity index (χ3v) is 4.67. The Balaban J connectivity index is 0.00000220. The van der Waals surface area contributed by atoms with Crippen molar-refractivity contribution in [3.63, 3.8) is 0 Å². The number of rotatable bonds is 6. The van der Waals surface area contributed by atoms with Crippen molar-refractivity contribution in [2.24, 2.45) is 16.6 Å². The van der Waals surface area contributed by atoms with Gasteiger partial charge in [0.25, 0.3) is 0 Å². The molecule has 2 fully saturated rings. The fraction of sp³-hybridized carbons (Fsp3) is 0.938. The van der Waals surface area contributed by atoms with E-state index in [0.717, 1.165) is 44.5 Å². The first-order valence-corrected chi connectivity index (χ1v) is 8.47. The SMILES string of the molecule is CCOC(CCN=C(N)N1CCCCC1)C1CCCC1.I. The van der Waals surface area contributed by atoms with Crippen molar-refractivity contribution in [2.75, 3.05) is 26.2 Å². The highest BCUT2D eigenvalue weighted by Crippen LogP contribution is 2.30. The highest BCUT2D eigenvalue weighted by Gasteiger charge is 2.25. The van der Waals surface area contributed by atoms with E-state index in [4.69, 9.17) is 10.5 Å². The molecule has 124 valence electrons. The van der Waals surface area contributed by atoms with Crippen LogP contribution in [-0.2, 0) is 4.74 Å². The summed E-state index contributed by atoms with van der Waals surface area (Å²) in [6.45, 7) is 5.86. The molecule has 1 saturated carbocycles. The number of hydrogen-bond acceptors (Lipinski definition) is 2. The minimum atomic E-state index is 0. The minimum absolute atomic E-state index is 0. The number of guanidine groups is 1. The van der Waals surface area contributed by atoms with Crippen LogP contribution in [0.15, 0.2) is 4.99 Å². The molecule has 1 heterocycles. The Bertz CT molecular complexity index is 300. The molecule has 2 N–H and O–H groups in total. The predicted octanol–water partition coefficient (Wildman–Crippen LogP) is 3.39. The lowest BCUT2D eigenvalue weighted by Crippen LogP contribution is -2.41. The maximum absolute atomic E-state index is 6.10. The number of nitrogens with two attached hydrogens (primary N) is 1. The topological polar surface area (TPSA) is 50.9 Å². The molecule has 1 atom stereocenters. The first-order valence-electron chi connectivity index (χ1n) is 8.47. The summed E-state index contributed by atoms with van der Waals surface area (Å²) in [7, 11) is 0. The van der Waals surface area contributed by atoms with Crippen molar-refractivity contribution in [3.8, 4) is 0 Å². The highest BCUT2D eigenvalue weighted by atomic mass is 127. The fourth-order valence-corrected chi connectivity index (χ4v) is 3.53. The molecular weight excluding hydrogens is 377 g/mol. The molecule has 1 aliphatic carbocycles. The standard InChI is InChI=1S/C16H31N3O.HI/c1-2-20-15(14-8-4-5-9-14)10-11-18-16(17)19-12-6-3-7-13-19;/h14-15H,2-13H2,1H3,(H2,17,18);1H. The first kappa shape index (κ1) is 19.0. The third kappa shape index (κ3) is 6.30. The van der Waals surface area contributed by atoms with Crippen LogP contribution in [0.2, 0.25) is 0 Å². The Hall–Kier alpha value is -0.0400. The van der Waals surface area contributed by atoms with Crippen LogP contribution in [0.3, 0.4) is 0 Å². The van der Waals surface area contributed by atoms with Crippen LogP contribution in [0.4, 0.5) is 0 Å². The van der Waals surface area contributed by atoms with Crippen molar-refractivity contribution < 1.29 is 4.74 Å². The molecule has 0 bridgehead atoms. The van der Waals surface area contributed by atoms with Crippen molar-refractivity contribution >= 4 is 29.9 Å². The first-order chi connectivity index (χ1) is 9.81. The van der Waals surface area contributed by atoms with Gasteiger partial charge in [-0.15, -0.1) is 24.0 Å². The average molecular weight is 409 g/mol. The van der Waals surface area contributed by atoms with Crippen LogP contribution < -0.4 is 5.73 Å². The van der Waals surface area contributed by atoms with Crippen LogP contribution in [-0.4, -0.2) is 43.2 Å². The van der Waals surface area contributed by atoms with E-state index < -0.39 is 0 Å². The molecule has 0 radical (unpaired) electrons. The van der Waals surface area contributed by atoms with Gasteiger partial charge in [-0.2, -0.15) is 0 Å². The van der Waals surface area contributed by atoms with Crippen LogP contribution in [0.25, 0.3) is 0 Å². The van der Waals surface area contributed by atoms with Gasteiger partial charge in [0.1, 0.15) is 0 Å². The molecule has 1 saturated heterocycles. The van der Waals surface area contributed by atoms with E-state index in [2.05, 4.69) is 16.8 Å². The third-order valence-electron chi connectivity index (χ3n) is 4.67. The Kier molecular flexibility index (Phi) is 9.64. The molecular formula is C16H32IN3O. The number of ether oxygens (including phenoxy) is 1. The smallest absolute Gasteiger partial charge is 0.191 e. The number of likely N-dealkylation sites (tertiary alicyclic amines) is 1. The molecule has 0 aromatic heterocycles. The lowest BCUT2D eigenvalue weighted by Gasteiger charge is -2.28. The van der Waals surface area contributed by atoms with Crippen LogP contribution in [0.1, 0.15) is 58.3 Å². The lowest BCUT2D eigenvalue weighted by molar-refractivity contribution is 0.0177. The molecule has 0 aromatic rings. The number of piperidine rings is 1. The van der Waals surface area contributed by atoms with Gasteiger partial charge in [0, 0.05) is 26.2 Å². The summed E-state index contributed by atoms with van der Waals surface area (Å²) in [6, 6.07) is 0. The van der Waals surface area contributed by atoms with Gasteiger partial charge in [-0.25, -0.2) is 0 Å². The van der Waals surface area contributed by atoms with Gasteiger partial charge in [-0.05, 0) is 51.4 Å². The summed E-state index contributed by atoms with van der Waals surface area (Å²) in [6.07, 6.45) is 10.6. The normalized spacial score (nSPS) is 22.1. The molecule has 1 aliphatic heterocycles. The Labute approximate surface area is 146 Å². The van der Waals surface area contributed by atoms with E-state index in [1.807, 2.05) is 0 Å². The molecule has 5 heteroatoms. The van der Waals surface area contributed by atoms with Crippen LogP contribution >= 0.6 is 24.0 Å². The molecule has 0 spiro atoms. The van der Waals surface area contributed by atoms with Crippen molar-refractivity contribution in [1.29, 1.82) is 0 Å². The maximum atomic E-state index is 6.10. The van der Waals surface area contributed by atoms with Gasteiger partial charge in [-0.3, -0.25) is 4.99 Å². The molecule has 2 aliphatic rings. The summed E-state index contributed by atoms with van der Waals surface area (Å²) in [5.41, 5.74) is 6.10. The number of halogens is 1. The Morgan fingerprint density at radius 2 is 1.86 bits per heavy atom. The van der Waals surface area contributed by atoms with Crippen molar-refractivity contribution in [3.05, 3.63) is 0 Å². The maximum Gasteiger partial charge on any atom is 0.191 e. The zero-order valence-corrected chi connectivity index (χ0v) is 15.8. The summed E-state index contributed by atoms with van der Waals surface area (Å²) in [5.74, 6) is 1.49. The van der Waals surface area contributed by atoms with Gasteiger partial charge in [0.05, 0.1) is 6.10 Å². The fourth-order valence-electron chi connectivity index (χ4n) is 3.53. The number of hydrogen-bond donors (Lipinski definition) is 1. The van der Waals surface area contributed by atoms with Crippen molar-refractivity contribution in [2.45, 2.75) is 64.4 Å². The van der Waals surface area contributed by atoms with Gasteiger partial charge in [0.2, 0.25) is 0 Å². The zero-order valence-electron chi connectivity index (χ0n) is 13.4.